The number of fused-ring (bicyclic) bond motifs is 1. The summed E-state index contributed by atoms with van der Waals surface area (Å²) < 4.78 is 0. The fourth-order valence-electron chi connectivity index (χ4n) is 3.29. The predicted octanol–water partition coefficient (Wildman–Crippen LogP) is 3.92. The Hall–Kier alpha value is -3.94. The first-order chi connectivity index (χ1) is 14.2. The van der Waals surface area contributed by atoms with Crippen molar-refractivity contribution in [2.75, 3.05) is 16.4 Å². The number of nitrogens with one attached hydrogen (secondary N) is 4. The van der Waals surface area contributed by atoms with Crippen LogP contribution in [-0.4, -0.2) is 32.2 Å². The van der Waals surface area contributed by atoms with Gasteiger partial charge in [-0.25, -0.2) is 0 Å². The minimum atomic E-state index is 0.448. The molecule has 29 heavy (non-hydrogen) atoms. The fraction of sp³-hybridized carbons (Fsp3) is 0.143. The highest BCUT2D eigenvalue weighted by Crippen LogP contribution is 2.35. The highest BCUT2D eigenvalue weighted by atomic mass is 15.2. The second-order valence-electron chi connectivity index (χ2n) is 7.09. The SMILES string of the molecule is N=Cc1ccc(Nc2nc(NC3CC3)c3c(-c4ccncc4)c[nH]c3n2)cc1N. The van der Waals surface area contributed by atoms with E-state index < -0.39 is 0 Å². The maximum absolute atomic E-state index is 7.37. The van der Waals surface area contributed by atoms with Crippen molar-refractivity contribution in [1.29, 1.82) is 5.41 Å². The van der Waals surface area contributed by atoms with Crippen LogP contribution >= 0.6 is 0 Å². The molecule has 0 aliphatic heterocycles. The van der Waals surface area contributed by atoms with Crippen LogP contribution in [0.3, 0.4) is 0 Å². The Morgan fingerprint density at radius 1 is 1.14 bits per heavy atom. The van der Waals surface area contributed by atoms with Crippen LogP contribution in [0.4, 0.5) is 23.1 Å². The average molecular weight is 384 g/mol. The molecule has 0 unspecified atom stereocenters. The Morgan fingerprint density at radius 2 is 1.97 bits per heavy atom. The Kier molecular flexibility index (Phi) is 4.09. The molecule has 0 bridgehead atoms. The first-order valence-electron chi connectivity index (χ1n) is 9.44. The number of nitrogen functional groups attached to an aromatic ring is 1. The molecular weight excluding hydrogens is 364 g/mol. The molecule has 144 valence electrons. The third-order valence-corrected chi connectivity index (χ3v) is 4.94. The van der Waals surface area contributed by atoms with E-state index in [0.29, 0.717) is 23.2 Å². The Morgan fingerprint density at radius 3 is 2.69 bits per heavy atom. The summed E-state index contributed by atoms with van der Waals surface area (Å²) in [5.41, 5.74) is 10.8. The van der Waals surface area contributed by atoms with Crippen molar-refractivity contribution in [3.05, 3.63) is 54.5 Å². The van der Waals surface area contributed by atoms with Crippen LogP contribution in [0.2, 0.25) is 0 Å². The van der Waals surface area contributed by atoms with Crippen LogP contribution in [-0.2, 0) is 0 Å². The molecule has 8 nitrogen and oxygen atoms in total. The summed E-state index contributed by atoms with van der Waals surface area (Å²) in [5.74, 6) is 1.28. The lowest BCUT2D eigenvalue weighted by atomic mass is 10.1. The largest absolute Gasteiger partial charge is 0.398 e. The molecule has 8 heteroatoms. The van der Waals surface area contributed by atoms with Gasteiger partial charge in [-0.05, 0) is 48.7 Å². The van der Waals surface area contributed by atoms with Crippen molar-refractivity contribution in [3.63, 3.8) is 0 Å². The second kappa shape index (κ2) is 6.90. The van der Waals surface area contributed by atoms with E-state index in [1.165, 1.54) is 6.21 Å². The molecule has 5 rings (SSSR count). The van der Waals surface area contributed by atoms with Crippen molar-refractivity contribution in [2.45, 2.75) is 18.9 Å². The molecule has 1 saturated carbocycles. The number of nitrogens with zero attached hydrogens (tertiary/aromatic N) is 3. The number of hydrogen-bond acceptors (Lipinski definition) is 7. The fourth-order valence-corrected chi connectivity index (χ4v) is 3.29. The molecule has 3 heterocycles. The van der Waals surface area contributed by atoms with Gasteiger partial charge in [0.15, 0.2) is 0 Å². The lowest BCUT2D eigenvalue weighted by molar-refractivity contribution is 1.10. The quantitative estimate of drug-likeness (QED) is 0.253. The van der Waals surface area contributed by atoms with Gasteiger partial charge >= 0.3 is 0 Å². The third kappa shape index (κ3) is 3.36. The van der Waals surface area contributed by atoms with E-state index in [9.17, 15) is 0 Å². The number of aromatic amines is 1. The van der Waals surface area contributed by atoms with E-state index in [4.69, 9.17) is 16.1 Å². The zero-order valence-corrected chi connectivity index (χ0v) is 15.6. The van der Waals surface area contributed by atoms with Gasteiger partial charge in [0.25, 0.3) is 0 Å². The molecule has 0 atom stereocenters. The molecule has 0 saturated heterocycles. The lowest BCUT2D eigenvalue weighted by Crippen LogP contribution is -2.07. The molecule has 0 spiro atoms. The Labute approximate surface area is 167 Å². The van der Waals surface area contributed by atoms with Gasteiger partial charge in [-0.2, -0.15) is 9.97 Å². The first-order valence-corrected chi connectivity index (χ1v) is 9.44. The number of hydrogen-bond donors (Lipinski definition) is 5. The van der Waals surface area contributed by atoms with Crippen molar-refractivity contribution < 1.29 is 0 Å². The molecule has 0 radical (unpaired) electrons. The van der Waals surface area contributed by atoms with Gasteiger partial charge in [0.1, 0.15) is 11.5 Å². The highest BCUT2D eigenvalue weighted by molar-refractivity contribution is 6.01. The summed E-state index contributed by atoms with van der Waals surface area (Å²) in [6.45, 7) is 0. The van der Waals surface area contributed by atoms with Crippen molar-refractivity contribution in [3.8, 4) is 11.1 Å². The van der Waals surface area contributed by atoms with Crippen LogP contribution in [0.25, 0.3) is 22.2 Å². The van der Waals surface area contributed by atoms with E-state index in [1.54, 1.807) is 24.5 Å². The first kappa shape index (κ1) is 17.2. The van der Waals surface area contributed by atoms with Gasteiger partial charge in [-0.3, -0.25) is 4.98 Å². The highest BCUT2D eigenvalue weighted by Gasteiger charge is 2.24. The molecule has 1 aliphatic rings. The summed E-state index contributed by atoms with van der Waals surface area (Å²) in [4.78, 5) is 16.8. The summed E-state index contributed by atoms with van der Waals surface area (Å²) in [7, 11) is 0. The Bertz CT molecular complexity index is 1190. The minimum absolute atomic E-state index is 0.448. The van der Waals surface area contributed by atoms with Crippen molar-refractivity contribution in [2.24, 2.45) is 0 Å². The molecular formula is C21H20N8. The molecule has 1 aromatic carbocycles. The van der Waals surface area contributed by atoms with E-state index in [1.807, 2.05) is 24.4 Å². The maximum atomic E-state index is 7.37. The number of benzene rings is 1. The second-order valence-corrected chi connectivity index (χ2v) is 7.09. The van der Waals surface area contributed by atoms with Gasteiger partial charge in [0, 0.05) is 53.3 Å². The summed E-state index contributed by atoms with van der Waals surface area (Å²) in [6, 6.07) is 9.83. The molecule has 6 N–H and O–H groups in total. The van der Waals surface area contributed by atoms with Crippen molar-refractivity contribution >= 4 is 40.4 Å². The average Bonchev–Trinajstić information content (AvgIpc) is 3.44. The zero-order chi connectivity index (χ0) is 19.8. The lowest BCUT2D eigenvalue weighted by Gasteiger charge is -2.11. The minimum Gasteiger partial charge on any atom is -0.398 e. The number of pyridine rings is 1. The number of H-pyrrole nitrogens is 1. The third-order valence-electron chi connectivity index (χ3n) is 4.94. The van der Waals surface area contributed by atoms with Crippen LogP contribution in [0.5, 0.6) is 0 Å². The molecule has 3 aromatic heterocycles. The van der Waals surface area contributed by atoms with Gasteiger partial charge in [-0.15, -0.1) is 0 Å². The topological polar surface area (TPSA) is 128 Å². The number of anilines is 4. The van der Waals surface area contributed by atoms with Gasteiger partial charge in [0.2, 0.25) is 5.95 Å². The predicted molar refractivity (Wildman–Crippen MR) is 116 cm³/mol. The zero-order valence-electron chi connectivity index (χ0n) is 15.6. The maximum Gasteiger partial charge on any atom is 0.231 e. The van der Waals surface area contributed by atoms with Crippen LogP contribution < -0.4 is 16.4 Å². The normalized spacial score (nSPS) is 13.4. The van der Waals surface area contributed by atoms with Gasteiger partial charge in [0.05, 0.1) is 5.39 Å². The standard InChI is InChI=1S/C21H20N8/c22-10-13-1-2-15(9-17(13)23)27-21-28-19-18(20(29-21)26-14-3-4-14)16(11-25-19)12-5-7-24-8-6-12/h1-2,5-11,14,22H,3-4,23H2,(H3,25,26,27,28,29). The summed E-state index contributed by atoms with van der Waals surface area (Å²) >= 11 is 0. The molecule has 0 amide bonds. The molecule has 4 aromatic rings. The number of nitrogens with two attached hydrogens (primary N) is 1. The van der Waals surface area contributed by atoms with Crippen LogP contribution in [0, 0.1) is 5.41 Å². The van der Waals surface area contributed by atoms with Gasteiger partial charge < -0.3 is 26.8 Å². The van der Waals surface area contributed by atoms with Crippen molar-refractivity contribution in [1.82, 2.24) is 19.9 Å². The van der Waals surface area contributed by atoms with E-state index in [-0.39, 0.29) is 0 Å². The molecule has 1 fully saturated rings. The number of rotatable bonds is 6. The van der Waals surface area contributed by atoms with E-state index in [2.05, 4.69) is 25.6 Å². The number of aromatic nitrogens is 4. The van der Waals surface area contributed by atoms with Crippen LogP contribution in [0.1, 0.15) is 18.4 Å². The van der Waals surface area contributed by atoms with E-state index in [0.717, 1.165) is 46.5 Å². The summed E-state index contributed by atoms with van der Waals surface area (Å²) in [5, 5.41) is 15.1. The van der Waals surface area contributed by atoms with Gasteiger partial charge in [-0.1, -0.05) is 0 Å². The summed E-state index contributed by atoms with van der Waals surface area (Å²) in [6.07, 6.45) is 9.03. The van der Waals surface area contributed by atoms with Crippen LogP contribution in [0.15, 0.2) is 48.9 Å². The Balaban J connectivity index is 1.57. The monoisotopic (exact) mass is 384 g/mol. The smallest absolute Gasteiger partial charge is 0.231 e. The molecule has 1 aliphatic carbocycles. The van der Waals surface area contributed by atoms with E-state index >= 15 is 0 Å².